The fourth-order valence-corrected chi connectivity index (χ4v) is 4.77. The Bertz CT molecular complexity index is 1210. The van der Waals surface area contributed by atoms with Gasteiger partial charge < -0.3 is 10.6 Å². The second-order valence-corrected chi connectivity index (χ2v) is 9.78. The van der Waals surface area contributed by atoms with Gasteiger partial charge >= 0.3 is 0 Å². The van der Waals surface area contributed by atoms with Crippen LogP contribution < -0.4 is 10.6 Å². The SMILES string of the molecule is Cc1ccc(C)c(S(=O)(=O)N(C)CC(=O)NCCNc2ccnc3cc(Cl)ccc23)c1. The Labute approximate surface area is 187 Å². The van der Waals surface area contributed by atoms with E-state index in [0.717, 1.165) is 26.5 Å². The van der Waals surface area contributed by atoms with E-state index in [9.17, 15) is 13.2 Å². The molecule has 2 N–H and O–H groups in total. The second-order valence-electron chi connectivity index (χ2n) is 7.33. The molecule has 0 atom stereocenters. The lowest BCUT2D eigenvalue weighted by molar-refractivity contribution is -0.121. The lowest BCUT2D eigenvalue weighted by Crippen LogP contribution is -2.40. The average molecular weight is 461 g/mol. The fourth-order valence-electron chi connectivity index (χ4n) is 3.17. The van der Waals surface area contributed by atoms with Crippen molar-refractivity contribution in [1.82, 2.24) is 14.6 Å². The molecule has 0 radical (unpaired) electrons. The molecule has 164 valence electrons. The number of aryl methyl sites for hydroxylation is 2. The number of anilines is 1. The predicted molar refractivity (Wildman–Crippen MR) is 124 cm³/mol. The first-order chi connectivity index (χ1) is 14.7. The van der Waals surface area contributed by atoms with Crippen LogP contribution in [0.2, 0.25) is 5.02 Å². The number of nitrogens with one attached hydrogen (secondary N) is 2. The van der Waals surface area contributed by atoms with Gasteiger partial charge in [0.25, 0.3) is 0 Å². The topological polar surface area (TPSA) is 91.4 Å². The zero-order chi connectivity index (χ0) is 22.6. The highest BCUT2D eigenvalue weighted by Gasteiger charge is 2.24. The van der Waals surface area contributed by atoms with Gasteiger partial charge in [-0.25, -0.2) is 8.42 Å². The summed E-state index contributed by atoms with van der Waals surface area (Å²) in [4.78, 5) is 16.8. The third-order valence-electron chi connectivity index (χ3n) is 4.87. The normalized spacial score (nSPS) is 11.6. The number of hydrogen-bond acceptors (Lipinski definition) is 5. The molecule has 31 heavy (non-hydrogen) atoms. The van der Waals surface area contributed by atoms with E-state index < -0.39 is 10.0 Å². The number of amides is 1. The van der Waals surface area contributed by atoms with E-state index in [2.05, 4.69) is 15.6 Å². The maximum absolute atomic E-state index is 12.8. The molecule has 1 heterocycles. The molecule has 0 fully saturated rings. The number of nitrogens with zero attached hydrogens (tertiary/aromatic N) is 2. The molecular formula is C22H25ClN4O3S. The Morgan fingerprint density at radius 2 is 1.87 bits per heavy atom. The summed E-state index contributed by atoms with van der Waals surface area (Å²) in [5.74, 6) is -0.371. The Kier molecular flexibility index (Phi) is 7.15. The number of carbonyl (C=O) groups is 1. The summed E-state index contributed by atoms with van der Waals surface area (Å²) in [6, 6.07) is 12.6. The number of sulfonamides is 1. The summed E-state index contributed by atoms with van der Waals surface area (Å²) in [6.07, 6.45) is 1.69. The van der Waals surface area contributed by atoms with Gasteiger partial charge in [0, 0.05) is 42.4 Å². The van der Waals surface area contributed by atoms with Crippen molar-refractivity contribution in [2.45, 2.75) is 18.7 Å². The number of carbonyl (C=O) groups excluding carboxylic acids is 1. The van der Waals surface area contributed by atoms with Gasteiger partial charge in [-0.05, 0) is 55.3 Å². The zero-order valence-electron chi connectivity index (χ0n) is 17.6. The monoisotopic (exact) mass is 460 g/mol. The molecule has 1 aromatic heterocycles. The number of aromatic nitrogens is 1. The van der Waals surface area contributed by atoms with Gasteiger partial charge in [0.15, 0.2) is 0 Å². The van der Waals surface area contributed by atoms with E-state index in [1.807, 2.05) is 25.1 Å². The molecule has 0 saturated heterocycles. The molecule has 1 amide bonds. The molecule has 0 bridgehead atoms. The summed E-state index contributed by atoms with van der Waals surface area (Å²) < 4.78 is 26.7. The van der Waals surface area contributed by atoms with Crippen molar-refractivity contribution < 1.29 is 13.2 Å². The highest BCUT2D eigenvalue weighted by molar-refractivity contribution is 7.89. The molecule has 0 unspecified atom stereocenters. The van der Waals surface area contributed by atoms with E-state index in [1.54, 1.807) is 37.4 Å². The maximum Gasteiger partial charge on any atom is 0.243 e. The smallest absolute Gasteiger partial charge is 0.243 e. The Balaban J connectivity index is 1.54. The molecular weight excluding hydrogens is 436 g/mol. The summed E-state index contributed by atoms with van der Waals surface area (Å²) >= 11 is 6.01. The zero-order valence-corrected chi connectivity index (χ0v) is 19.2. The molecule has 0 aliphatic rings. The van der Waals surface area contributed by atoms with E-state index in [1.165, 1.54) is 7.05 Å². The van der Waals surface area contributed by atoms with Crippen LogP contribution in [0.5, 0.6) is 0 Å². The number of fused-ring (bicyclic) bond motifs is 1. The van der Waals surface area contributed by atoms with Crippen molar-refractivity contribution in [2.24, 2.45) is 0 Å². The van der Waals surface area contributed by atoms with Crippen LogP contribution in [0, 0.1) is 13.8 Å². The van der Waals surface area contributed by atoms with E-state index in [4.69, 9.17) is 11.6 Å². The van der Waals surface area contributed by atoms with Gasteiger partial charge in [-0.3, -0.25) is 9.78 Å². The van der Waals surface area contributed by atoms with Crippen molar-refractivity contribution in [3.05, 3.63) is 64.8 Å². The minimum Gasteiger partial charge on any atom is -0.383 e. The lowest BCUT2D eigenvalue weighted by atomic mass is 10.2. The number of likely N-dealkylation sites (N-methyl/N-ethyl adjacent to an activating group) is 1. The number of halogens is 1. The van der Waals surface area contributed by atoms with E-state index in [-0.39, 0.29) is 17.3 Å². The van der Waals surface area contributed by atoms with Crippen LogP contribution in [0.4, 0.5) is 5.69 Å². The van der Waals surface area contributed by atoms with Crippen molar-refractivity contribution in [2.75, 3.05) is 32.0 Å². The predicted octanol–water partition coefficient (Wildman–Crippen LogP) is 3.35. The molecule has 7 nitrogen and oxygen atoms in total. The first-order valence-electron chi connectivity index (χ1n) is 9.77. The van der Waals surface area contributed by atoms with Crippen LogP contribution >= 0.6 is 11.6 Å². The van der Waals surface area contributed by atoms with Crippen molar-refractivity contribution in [3.63, 3.8) is 0 Å². The summed E-state index contributed by atoms with van der Waals surface area (Å²) in [7, 11) is -2.34. The van der Waals surface area contributed by atoms with Crippen LogP contribution in [-0.2, 0) is 14.8 Å². The van der Waals surface area contributed by atoms with Gasteiger partial charge in [0.2, 0.25) is 15.9 Å². The Morgan fingerprint density at radius 1 is 1.10 bits per heavy atom. The third-order valence-corrected chi connectivity index (χ3v) is 7.05. The highest BCUT2D eigenvalue weighted by atomic mass is 35.5. The van der Waals surface area contributed by atoms with Crippen LogP contribution in [0.3, 0.4) is 0 Å². The number of hydrogen-bond donors (Lipinski definition) is 2. The average Bonchev–Trinajstić information content (AvgIpc) is 2.72. The summed E-state index contributed by atoms with van der Waals surface area (Å²) in [6.45, 7) is 4.13. The van der Waals surface area contributed by atoms with Gasteiger partial charge in [0.1, 0.15) is 0 Å². The second kappa shape index (κ2) is 9.64. The molecule has 3 rings (SSSR count). The van der Waals surface area contributed by atoms with Gasteiger partial charge in [0.05, 0.1) is 17.0 Å². The molecule has 2 aromatic carbocycles. The Morgan fingerprint density at radius 3 is 2.65 bits per heavy atom. The minimum atomic E-state index is -3.75. The molecule has 0 spiro atoms. The van der Waals surface area contributed by atoms with Crippen molar-refractivity contribution in [3.8, 4) is 0 Å². The molecule has 0 aliphatic carbocycles. The van der Waals surface area contributed by atoms with Crippen LogP contribution in [0.15, 0.2) is 53.6 Å². The van der Waals surface area contributed by atoms with Crippen LogP contribution in [-0.4, -0.2) is 50.3 Å². The van der Waals surface area contributed by atoms with Crippen LogP contribution in [0.1, 0.15) is 11.1 Å². The van der Waals surface area contributed by atoms with E-state index in [0.29, 0.717) is 23.7 Å². The first-order valence-corrected chi connectivity index (χ1v) is 11.6. The number of benzene rings is 2. The largest absolute Gasteiger partial charge is 0.383 e. The number of rotatable bonds is 8. The van der Waals surface area contributed by atoms with Crippen molar-refractivity contribution >= 4 is 44.1 Å². The Hall–Kier alpha value is -2.68. The molecule has 0 aliphatic heterocycles. The fraction of sp³-hybridized carbons (Fsp3) is 0.273. The van der Waals surface area contributed by atoms with Crippen LogP contribution in [0.25, 0.3) is 10.9 Å². The van der Waals surface area contributed by atoms with Gasteiger partial charge in [-0.2, -0.15) is 4.31 Å². The van der Waals surface area contributed by atoms with E-state index >= 15 is 0 Å². The molecule has 3 aromatic rings. The standard InChI is InChI=1S/C22H25ClN4O3S/c1-15-4-5-16(2)21(12-15)31(29,30)27(3)14-22(28)26-11-10-25-19-8-9-24-20-13-17(23)6-7-18(19)20/h4-9,12-13H,10-11,14H2,1-3H3,(H,24,25)(H,26,28). The van der Waals surface area contributed by atoms with Gasteiger partial charge in [-0.1, -0.05) is 23.7 Å². The summed E-state index contributed by atoms with van der Waals surface area (Å²) in [5, 5.41) is 7.55. The molecule has 0 saturated carbocycles. The maximum atomic E-state index is 12.8. The quantitative estimate of drug-likeness (QED) is 0.503. The minimum absolute atomic E-state index is 0.217. The van der Waals surface area contributed by atoms with Gasteiger partial charge in [-0.15, -0.1) is 0 Å². The van der Waals surface area contributed by atoms with Crippen molar-refractivity contribution in [1.29, 1.82) is 0 Å². The highest BCUT2D eigenvalue weighted by Crippen LogP contribution is 2.24. The third kappa shape index (κ3) is 5.52. The lowest BCUT2D eigenvalue weighted by Gasteiger charge is -2.18. The molecule has 9 heteroatoms. The number of pyridine rings is 1. The first kappa shape index (κ1) is 23.0. The summed E-state index contributed by atoms with van der Waals surface area (Å²) in [5.41, 5.74) is 3.15.